The zero-order valence-electron chi connectivity index (χ0n) is 16.7. The Kier molecular flexibility index (Phi) is 4.38. The number of aromatic hydroxyl groups is 1. The van der Waals surface area contributed by atoms with Gasteiger partial charge in [0.05, 0.1) is 11.7 Å². The fraction of sp³-hybridized carbons (Fsp3) is 0.217. The van der Waals surface area contributed by atoms with Gasteiger partial charge in [-0.1, -0.05) is 30.3 Å². The summed E-state index contributed by atoms with van der Waals surface area (Å²) in [6.45, 7) is 4.64. The van der Waals surface area contributed by atoms with Crippen molar-refractivity contribution in [2.75, 3.05) is 6.54 Å². The van der Waals surface area contributed by atoms with E-state index in [9.17, 15) is 9.90 Å². The molecule has 2 aromatic carbocycles. The predicted molar refractivity (Wildman–Crippen MR) is 120 cm³/mol. The van der Waals surface area contributed by atoms with E-state index in [4.69, 9.17) is 12.2 Å². The summed E-state index contributed by atoms with van der Waals surface area (Å²) in [7, 11) is 0. The topological polar surface area (TPSA) is 85.8 Å². The second-order valence-electron chi connectivity index (χ2n) is 7.82. The second-order valence-corrected chi connectivity index (χ2v) is 8.21. The van der Waals surface area contributed by atoms with Gasteiger partial charge >= 0.3 is 0 Å². The molecule has 2 aromatic heterocycles. The van der Waals surface area contributed by atoms with Gasteiger partial charge < -0.3 is 15.4 Å². The molecule has 4 aromatic rings. The highest BCUT2D eigenvalue weighted by Crippen LogP contribution is 2.36. The van der Waals surface area contributed by atoms with E-state index in [1.807, 2.05) is 50.2 Å². The van der Waals surface area contributed by atoms with E-state index in [0.29, 0.717) is 6.54 Å². The zero-order chi connectivity index (χ0) is 21.0. The van der Waals surface area contributed by atoms with Gasteiger partial charge in [0, 0.05) is 23.1 Å². The summed E-state index contributed by atoms with van der Waals surface area (Å²) in [6.07, 6.45) is 0.852. The van der Waals surface area contributed by atoms with E-state index in [1.54, 1.807) is 4.57 Å². The molecule has 0 aliphatic carbocycles. The molecule has 0 radical (unpaired) electrons. The van der Waals surface area contributed by atoms with Crippen LogP contribution in [0, 0.1) is 18.6 Å². The Balaban J connectivity index is 1.77. The number of aromatic amines is 2. The number of benzene rings is 2. The van der Waals surface area contributed by atoms with E-state index in [1.165, 1.54) is 5.56 Å². The van der Waals surface area contributed by atoms with E-state index in [2.05, 4.69) is 21.4 Å². The highest BCUT2D eigenvalue weighted by molar-refractivity contribution is 7.71. The van der Waals surface area contributed by atoms with E-state index < -0.39 is 6.04 Å². The number of para-hydroxylation sites is 1. The standard InChI is InChI=1S/C23H22N4O2S/c1-12-7-8-13(2)17(11-12)27-22(29)18(21(28)26-23(27)30)20-19-15(9-10-24-20)14-5-3-4-6-16(14)25-19/h3-8,11,20,24-25,29H,9-10H2,1-2H3,(H,26,28,30)/t20-/m0/s1. The molecule has 0 bridgehead atoms. The summed E-state index contributed by atoms with van der Waals surface area (Å²) in [5.74, 6) is -0.138. The molecule has 0 saturated heterocycles. The number of aryl methyl sites for hydroxylation is 2. The average Bonchev–Trinajstić information content (AvgIpc) is 3.10. The Hall–Kier alpha value is -3.16. The third-order valence-corrected chi connectivity index (χ3v) is 6.16. The van der Waals surface area contributed by atoms with Crippen LogP contribution in [0.5, 0.6) is 5.88 Å². The van der Waals surface area contributed by atoms with Crippen molar-refractivity contribution in [3.8, 4) is 11.6 Å². The zero-order valence-corrected chi connectivity index (χ0v) is 17.6. The Labute approximate surface area is 178 Å². The molecule has 6 nitrogen and oxygen atoms in total. The van der Waals surface area contributed by atoms with Crippen LogP contribution in [0.1, 0.15) is 34.0 Å². The molecule has 0 spiro atoms. The van der Waals surface area contributed by atoms with Gasteiger partial charge in [-0.3, -0.25) is 14.3 Å². The van der Waals surface area contributed by atoms with Gasteiger partial charge in [0.25, 0.3) is 5.56 Å². The normalized spacial score (nSPS) is 16.0. The monoisotopic (exact) mass is 418 g/mol. The van der Waals surface area contributed by atoms with E-state index in [0.717, 1.165) is 39.8 Å². The summed E-state index contributed by atoms with van der Waals surface area (Å²) in [5, 5.41) is 15.8. The minimum absolute atomic E-state index is 0.138. The van der Waals surface area contributed by atoms with Crippen LogP contribution in [0.25, 0.3) is 16.6 Å². The molecule has 0 fully saturated rings. The molecule has 0 unspecified atom stereocenters. The predicted octanol–water partition coefficient (Wildman–Crippen LogP) is 3.93. The van der Waals surface area contributed by atoms with Crippen molar-refractivity contribution in [1.82, 2.24) is 19.9 Å². The van der Waals surface area contributed by atoms with Crippen molar-refractivity contribution in [2.24, 2.45) is 0 Å². The first-order valence-corrected chi connectivity index (χ1v) is 10.3. The first-order chi connectivity index (χ1) is 14.5. The molecule has 1 aliphatic heterocycles. The largest absolute Gasteiger partial charge is 0.494 e. The molecule has 0 amide bonds. The Bertz CT molecular complexity index is 1410. The molecular formula is C23H22N4O2S. The fourth-order valence-corrected chi connectivity index (χ4v) is 4.69. The molecule has 7 heteroatoms. The van der Waals surface area contributed by atoms with Crippen molar-refractivity contribution in [3.63, 3.8) is 0 Å². The van der Waals surface area contributed by atoms with Crippen molar-refractivity contribution < 1.29 is 5.11 Å². The van der Waals surface area contributed by atoms with Crippen LogP contribution in [0.4, 0.5) is 0 Å². The number of aromatic nitrogens is 3. The van der Waals surface area contributed by atoms with Gasteiger partial charge in [0.1, 0.15) is 5.56 Å². The molecule has 152 valence electrons. The lowest BCUT2D eigenvalue weighted by Crippen LogP contribution is -2.35. The molecular weight excluding hydrogens is 396 g/mol. The van der Waals surface area contributed by atoms with E-state index in [-0.39, 0.29) is 21.8 Å². The van der Waals surface area contributed by atoms with Crippen molar-refractivity contribution in [1.29, 1.82) is 0 Å². The van der Waals surface area contributed by atoms with Crippen LogP contribution in [-0.2, 0) is 6.42 Å². The summed E-state index contributed by atoms with van der Waals surface area (Å²) in [5.41, 5.74) is 5.73. The molecule has 5 rings (SSSR count). The van der Waals surface area contributed by atoms with Gasteiger partial charge in [0.15, 0.2) is 4.77 Å². The van der Waals surface area contributed by atoms with Gasteiger partial charge in [-0.15, -0.1) is 0 Å². The lowest BCUT2D eigenvalue weighted by Gasteiger charge is -2.26. The molecule has 0 saturated carbocycles. The first-order valence-electron chi connectivity index (χ1n) is 9.94. The van der Waals surface area contributed by atoms with Crippen LogP contribution in [0.2, 0.25) is 0 Å². The lowest BCUT2D eigenvalue weighted by atomic mass is 9.95. The third kappa shape index (κ3) is 2.81. The van der Waals surface area contributed by atoms with Gasteiger partial charge in [-0.2, -0.15) is 0 Å². The summed E-state index contributed by atoms with van der Waals surface area (Å²) in [4.78, 5) is 19.2. The van der Waals surface area contributed by atoms with Gasteiger partial charge in [-0.25, -0.2) is 0 Å². The molecule has 1 aliphatic rings. The lowest BCUT2D eigenvalue weighted by molar-refractivity contribution is 0.411. The number of H-pyrrole nitrogens is 2. The van der Waals surface area contributed by atoms with Crippen LogP contribution in [-0.4, -0.2) is 26.2 Å². The maximum atomic E-state index is 13.0. The smallest absolute Gasteiger partial charge is 0.260 e. The second kappa shape index (κ2) is 6.97. The van der Waals surface area contributed by atoms with Crippen LogP contribution < -0.4 is 10.9 Å². The van der Waals surface area contributed by atoms with Crippen molar-refractivity contribution >= 4 is 23.1 Å². The number of hydrogen-bond acceptors (Lipinski definition) is 4. The number of hydrogen-bond donors (Lipinski definition) is 4. The number of nitrogens with one attached hydrogen (secondary N) is 3. The SMILES string of the molecule is Cc1ccc(C)c(-n2c(O)c([C@@H]3NCCc4c3[nH]c3ccccc43)c(=O)[nH]c2=S)c1. The Morgan fingerprint density at radius 3 is 2.77 bits per heavy atom. The quantitative estimate of drug-likeness (QED) is 0.372. The maximum absolute atomic E-state index is 13.0. The number of rotatable bonds is 2. The van der Waals surface area contributed by atoms with Crippen molar-refractivity contribution in [3.05, 3.63) is 85.5 Å². The number of fused-ring (bicyclic) bond motifs is 3. The van der Waals surface area contributed by atoms with Crippen LogP contribution >= 0.6 is 12.2 Å². The van der Waals surface area contributed by atoms with Gasteiger partial charge in [-0.05, 0) is 61.3 Å². The van der Waals surface area contributed by atoms with Crippen LogP contribution in [0.15, 0.2) is 47.3 Å². The molecule has 1 atom stereocenters. The highest BCUT2D eigenvalue weighted by Gasteiger charge is 2.31. The fourth-order valence-electron chi connectivity index (χ4n) is 4.41. The summed E-state index contributed by atoms with van der Waals surface area (Å²) >= 11 is 5.42. The average molecular weight is 419 g/mol. The first kappa shape index (κ1) is 18.8. The Morgan fingerprint density at radius 2 is 1.93 bits per heavy atom. The Morgan fingerprint density at radius 1 is 1.13 bits per heavy atom. The van der Waals surface area contributed by atoms with E-state index >= 15 is 0 Å². The molecule has 30 heavy (non-hydrogen) atoms. The molecule has 4 N–H and O–H groups in total. The summed E-state index contributed by atoms with van der Waals surface area (Å²) in [6, 6.07) is 13.6. The van der Waals surface area contributed by atoms with Gasteiger partial charge in [0.2, 0.25) is 5.88 Å². The number of nitrogens with zero attached hydrogens (tertiary/aromatic N) is 1. The minimum atomic E-state index is -0.461. The minimum Gasteiger partial charge on any atom is -0.494 e. The molecule has 3 heterocycles. The third-order valence-electron chi connectivity index (χ3n) is 5.87. The highest BCUT2D eigenvalue weighted by atomic mass is 32.1. The maximum Gasteiger partial charge on any atom is 0.260 e. The van der Waals surface area contributed by atoms with Crippen molar-refractivity contribution in [2.45, 2.75) is 26.3 Å². The van der Waals surface area contributed by atoms with Crippen LogP contribution in [0.3, 0.4) is 0 Å². The summed E-state index contributed by atoms with van der Waals surface area (Å²) < 4.78 is 1.72.